The van der Waals surface area contributed by atoms with Crippen molar-refractivity contribution in [1.29, 1.82) is 0 Å². The number of carbonyl (C=O) groups excluding carboxylic acids is 1. The summed E-state index contributed by atoms with van der Waals surface area (Å²) in [7, 11) is 1.70. The number of benzene rings is 2. The van der Waals surface area contributed by atoms with Crippen molar-refractivity contribution in [2.45, 2.75) is 39.7 Å². The van der Waals surface area contributed by atoms with E-state index in [1.165, 1.54) is 29.5 Å². The summed E-state index contributed by atoms with van der Waals surface area (Å²) in [6.45, 7) is 4.75. The van der Waals surface area contributed by atoms with Gasteiger partial charge in [0.1, 0.15) is 5.75 Å². The third-order valence-electron chi connectivity index (χ3n) is 6.29. The predicted octanol–water partition coefficient (Wildman–Crippen LogP) is 5.06. The van der Waals surface area contributed by atoms with Gasteiger partial charge in [-0.2, -0.15) is 0 Å². The van der Waals surface area contributed by atoms with E-state index >= 15 is 0 Å². The maximum absolute atomic E-state index is 13.1. The first kappa shape index (κ1) is 18.8. The van der Waals surface area contributed by atoms with Crippen LogP contribution < -0.4 is 10.1 Å². The van der Waals surface area contributed by atoms with Crippen LogP contribution in [-0.4, -0.2) is 13.0 Å². The molecular formula is C25H29NO2. The van der Waals surface area contributed by atoms with Gasteiger partial charge in [0, 0.05) is 6.54 Å². The van der Waals surface area contributed by atoms with Crippen LogP contribution in [0.1, 0.15) is 41.5 Å². The van der Waals surface area contributed by atoms with Crippen LogP contribution in [0, 0.1) is 31.6 Å². The fourth-order valence-electron chi connectivity index (χ4n) is 4.90. The smallest absolute Gasteiger partial charge is 0.227 e. The number of aryl methyl sites for hydroxylation is 2. The van der Waals surface area contributed by atoms with E-state index < -0.39 is 0 Å². The van der Waals surface area contributed by atoms with Gasteiger partial charge in [0.2, 0.25) is 5.91 Å². The Morgan fingerprint density at radius 1 is 1.11 bits per heavy atom. The third-order valence-corrected chi connectivity index (χ3v) is 6.29. The Kier molecular flexibility index (Phi) is 5.25. The monoisotopic (exact) mass is 375 g/mol. The van der Waals surface area contributed by atoms with Gasteiger partial charge in [-0.1, -0.05) is 47.5 Å². The second-order valence-electron chi connectivity index (χ2n) is 8.38. The number of hydrogen-bond donors (Lipinski definition) is 1. The second-order valence-corrected chi connectivity index (χ2v) is 8.38. The molecule has 146 valence electrons. The van der Waals surface area contributed by atoms with Crippen molar-refractivity contribution in [2.75, 3.05) is 7.11 Å². The maximum Gasteiger partial charge on any atom is 0.227 e. The van der Waals surface area contributed by atoms with Gasteiger partial charge in [0.25, 0.3) is 0 Å². The van der Waals surface area contributed by atoms with E-state index in [1.807, 2.05) is 6.07 Å². The number of ether oxygens (including phenoxy) is 1. The summed E-state index contributed by atoms with van der Waals surface area (Å²) in [4.78, 5) is 13.1. The zero-order valence-corrected chi connectivity index (χ0v) is 17.0. The third kappa shape index (κ3) is 3.84. The first-order chi connectivity index (χ1) is 13.5. The minimum Gasteiger partial charge on any atom is -0.497 e. The molecule has 3 atom stereocenters. The molecule has 3 unspecified atom stereocenters. The lowest BCUT2D eigenvalue weighted by Crippen LogP contribution is -2.34. The molecular weight excluding hydrogens is 346 g/mol. The number of rotatable bonds is 5. The average molecular weight is 376 g/mol. The largest absolute Gasteiger partial charge is 0.497 e. The normalized spacial score (nSPS) is 24.5. The molecule has 2 aromatic carbocycles. The van der Waals surface area contributed by atoms with Crippen LogP contribution in [0.15, 0.2) is 48.0 Å². The van der Waals surface area contributed by atoms with Crippen LogP contribution in [0.5, 0.6) is 5.75 Å². The van der Waals surface area contributed by atoms with Gasteiger partial charge >= 0.3 is 0 Å². The summed E-state index contributed by atoms with van der Waals surface area (Å²) in [5.41, 5.74) is 6.01. The Bertz CT molecular complexity index is 897. The molecule has 2 fully saturated rings. The Morgan fingerprint density at radius 2 is 1.89 bits per heavy atom. The summed E-state index contributed by atoms with van der Waals surface area (Å²) in [5, 5.41) is 3.19. The van der Waals surface area contributed by atoms with E-state index in [2.05, 4.69) is 61.6 Å². The first-order valence-corrected chi connectivity index (χ1v) is 10.2. The van der Waals surface area contributed by atoms with Crippen LogP contribution in [0.3, 0.4) is 0 Å². The Labute approximate surface area is 167 Å². The SMILES string of the molecule is COc1cc(C)cc(/C=C2\C3CCC(C3)C2C(=O)NCc2ccc(C)cc2)c1. The molecule has 0 saturated heterocycles. The molecule has 4 rings (SSSR count). The molecule has 2 saturated carbocycles. The van der Waals surface area contributed by atoms with Gasteiger partial charge < -0.3 is 10.1 Å². The van der Waals surface area contributed by atoms with E-state index in [4.69, 9.17) is 4.74 Å². The number of nitrogens with one attached hydrogen (secondary N) is 1. The van der Waals surface area contributed by atoms with E-state index in [1.54, 1.807) is 7.11 Å². The summed E-state index contributed by atoms with van der Waals surface area (Å²) in [6, 6.07) is 14.6. The molecule has 1 amide bonds. The van der Waals surface area contributed by atoms with Gasteiger partial charge in [0.15, 0.2) is 0 Å². The number of amides is 1. The topological polar surface area (TPSA) is 38.3 Å². The van der Waals surface area contributed by atoms with Gasteiger partial charge in [-0.05, 0) is 73.8 Å². The fraction of sp³-hybridized carbons (Fsp3) is 0.400. The molecule has 0 spiro atoms. The molecule has 3 nitrogen and oxygen atoms in total. The fourth-order valence-corrected chi connectivity index (χ4v) is 4.90. The molecule has 2 bridgehead atoms. The Morgan fingerprint density at radius 3 is 2.64 bits per heavy atom. The molecule has 1 N–H and O–H groups in total. The average Bonchev–Trinajstić information content (AvgIpc) is 3.28. The highest BCUT2D eigenvalue weighted by molar-refractivity contribution is 5.84. The van der Waals surface area contributed by atoms with Crippen molar-refractivity contribution in [3.05, 3.63) is 70.3 Å². The Balaban J connectivity index is 1.54. The first-order valence-electron chi connectivity index (χ1n) is 10.2. The predicted molar refractivity (Wildman–Crippen MR) is 113 cm³/mol. The molecule has 0 aromatic heterocycles. The van der Waals surface area contributed by atoms with Gasteiger partial charge in [-0.25, -0.2) is 0 Å². The zero-order chi connectivity index (χ0) is 19.7. The van der Waals surface area contributed by atoms with E-state index in [0.29, 0.717) is 18.4 Å². The summed E-state index contributed by atoms with van der Waals surface area (Å²) in [5.74, 6) is 2.09. The maximum atomic E-state index is 13.1. The minimum absolute atomic E-state index is 0.00991. The van der Waals surface area contributed by atoms with E-state index in [0.717, 1.165) is 23.3 Å². The standard InChI is InChI=1S/C25H29NO2/c1-16-4-6-18(7-5-16)15-26-25(27)24-21-9-8-20(14-21)23(24)13-19-10-17(2)11-22(12-19)28-3/h4-7,10-13,20-21,24H,8-9,14-15H2,1-3H3,(H,26,27)/b23-13+. The lowest BCUT2D eigenvalue weighted by Gasteiger charge is -2.24. The molecule has 0 aliphatic heterocycles. The molecule has 28 heavy (non-hydrogen) atoms. The summed E-state index contributed by atoms with van der Waals surface area (Å²) >= 11 is 0. The summed E-state index contributed by atoms with van der Waals surface area (Å²) < 4.78 is 5.42. The highest BCUT2D eigenvalue weighted by Crippen LogP contribution is 2.52. The van der Waals surface area contributed by atoms with Crippen LogP contribution in [0.4, 0.5) is 0 Å². The van der Waals surface area contributed by atoms with Crippen molar-refractivity contribution >= 4 is 12.0 Å². The number of carbonyl (C=O) groups is 1. The van der Waals surface area contributed by atoms with Crippen molar-refractivity contribution in [3.63, 3.8) is 0 Å². The molecule has 0 radical (unpaired) electrons. The molecule has 0 heterocycles. The molecule has 2 aliphatic carbocycles. The van der Waals surface area contributed by atoms with Crippen LogP contribution in [-0.2, 0) is 11.3 Å². The highest BCUT2D eigenvalue weighted by Gasteiger charge is 2.46. The zero-order valence-electron chi connectivity index (χ0n) is 17.0. The van der Waals surface area contributed by atoms with Crippen molar-refractivity contribution in [3.8, 4) is 5.75 Å². The van der Waals surface area contributed by atoms with Gasteiger partial charge in [-0.15, -0.1) is 0 Å². The number of methoxy groups -OCH3 is 1. The van der Waals surface area contributed by atoms with Gasteiger partial charge in [-0.3, -0.25) is 4.79 Å². The van der Waals surface area contributed by atoms with Crippen LogP contribution in [0.25, 0.3) is 6.08 Å². The van der Waals surface area contributed by atoms with Crippen LogP contribution in [0.2, 0.25) is 0 Å². The Hall–Kier alpha value is -2.55. The molecule has 3 heteroatoms. The van der Waals surface area contributed by atoms with Crippen molar-refractivity contribution in [1.82, 2.24) is 5.32 Å². The summed E-state index contributed by atoms with van der Waals surface area (Å²) in [6.07, 6.45) is 5.77. The van der Waals surface area contributed by atoms with Crippen molar-refractivity contribution in [2.24, 2.45) is 17.8 Å². The van der Waals surface area contributed by atoms with E-state index in [9.17, 15) is 4.79 Å². The van der Waals surface area contributed by atoms with E-state index in [-0.39, 0.29) is 11.8 Å². The number of fused-ring (bicyclic) bond motifs is 2. The van der Waals surface area contributed by atoms with Gasteiger partial charge in [0.05, 0.1) is 13.0 Å². The lowest BCUT2D eigenvalue weighted by molar-refractivity contribution is -0.125. The minimum atomic E-state index is 0.00991. The lowest BCUT2D eigenvalue weighted by atomic mass is 9.82. The quantitative estimate of drug-likeness (QED) is 0.793. The molecule has 2 aliphatic rings. The second kappa shape index (κ2) is 7.83. The van der Waals surface area contributed by atoms with Crippen LogP contribution >= 0.6 is 0 Å². The number of hydrogen-bond acceptors (Lipinski definition) is 2. The highest BCUT2D eigenvalue weighted by atomic mass is 16.5. The van der Waals surface area contributed by atoms with Crippen molar-refractivity contribution < 1.29 is 9.53 Å². The molecule has 2 aromatic rings.